The molecule has 0 radical (unpaired) electrons. The molecule has 2 aliphatic heterocycles. The van der Waals surface area contributed by atoms with Crippen molar-refractivity contribution in [1.82, 2.24) is 10.2 Å². The van der Waals surface area contributed by atoms with Gasteiger partial charge in [-0.3, -0.25) is 9.69 Å². The highest BCUT2D eigenvalue weighted by atomic mass is 32.2. The van der Waals surface area contributed by atoms with Gasteiger partial charge < -0.3 is 10.4 Å². The second-order valence-electron chi connectivity index (χ2n) is 5.91. The average Bonchev–Trinajstić information content (AvgIpc) is 2.28. The molecule has 98 valence electrons. The first kappa shape index (κ1) is 13.2. The summed E-state index contributed by atoms with van der Waals surface area (Å²) in [5, 5.41) is 13.0. The number of carbonyl (C=O) groups is 1. The van der Waals surface area contributed by atoms with Crippen molar-refractivity contribution in [2.45, 2.75) is 25.8 Å². The zero-order valence-electron chi connectivity index (χ0n) is 10.7. The molecule has 5 heteroatoms. The molecule has 0 aliphatic carbocycles. The third-order valence-corrected chi connectivity index (χ3v) is 5.39. The lowest BCUT2D eigenvalue weighted by atomic mass is 9.78. The van der Waals surface area contributed by atoms with Crippen molar-refractivity contribution >= 4 is 17.7 Å². The van der Waals surface area contributed by atoms with Crippen molar-refractivity contribution in [2.75, 3.05) is 37.7 Å². The number of carboxylic acid groups (broad SMARTS) is 1. The van der Waals surface area contributed by atoms with Crippen LogP contribution in [0, 0.1) is 5.41 Å². The molecule has 4 nitrogen and oxygen atoms in total. The van der Waals surface area contributed by atoms with Crippen LogP contribution in [0.5, 0.6) is 0 Å². The van der Waals surface area contributed by atoms with Gasteiger partial charge in [-0.25, -0.2) is 0 Å². The molecule has 2 rings (SSSR count). The van der Waals surface area contributed by atoms with Crippen molar-refractivity contribution in [2.24, 2.45) is 5.41 Å². The van der Waals surface area contributed by atoms with Gasteiger partial charge in [-0.15, -0.1) is 0 Å². The zero-order chi connectivity index (χ0) is 12.5. The largest absolute Gasteiger partial charge is 0.480 e. The first-order chi connectivity index (χ1) is 7.96. The molecule has 2 saturated heterocycles. The number of thioether (sulfide) groups is 1. The SMILES string of the molecule is CC1(C)CSCC(C(=O)O)(N2CCNCC2)C1. The Bertz CT molecular complexity index is 303. The van der Waals surface area contributed by atoms with Crippen molar-refractivity contribution < 1.29 is 9.90 Å². The Kier molecular flexibility index (Phi) is 3.71. The minimum atomic E-state index is -0.644. The first-order valence-corrected chi connectivity index (χ1v) is 7.39. The van der Waals surface area contributed by atoms with Crippen LogP contribution in [0.4, 0.5) is 0 Å². The van der Waals surface area contributed by atoms with Crippen LogP contribution in [0.1, 0.15) is 20.3 Å². The Morgan fingerprint density at radius 2 is 1.94 bits per heavy atom. The summed E-state index contributed by atoms with van der Waals surface area (Å²) >= 11 is 1.79. The minimum Gasteiger partial charge on any atom is -0.480 e. The number of carboxylic acids is 1. The highest BCUT2D eigenvalue weighted by Crippen LogP contribution is 2.42. The van der Waals surface area contributed by atoms with Gasteiger partial charge in [0.1, 0.15) is 5.54 Å². The second kappa shape index (κ2) is 4.78. The smallest absolute Gasteiger partial charge is 0.325 e. The number of piperazine rings is 1. The Balaban J connectivity index is 2.22. The standard InChI is InChI=1S/C12H22N2O2S/c1-11(2)7-12(10(15)16,9-17-8-11)14-5-3-13-4-6-14/h13H,3-9H2,1-2H3,(H,15,16). The maximum Gasteiger partial charge on any atom is 0.325 e. The van der Waals surface area contributed by atoms with E-state index in [0.29, 0.717) is 0 Å². The summed E-state index contributed by atoms with van der Waals surface area (Å²) in [6.07, 6.45) is 0.766. The lowest BCUT2D eigenvalue weighted by Crippen LogP contribution is -2.64. The molecular formula is C12H22N2O2S. The fourth-order valence-electron chi connectivity index (χ4n) is 2.96. The summed E-state index contributed by atoms with van der Waals surface area (Å²) in [5.74, 6) is 1.15. The minimum absolute atomic E-state index is 0.117. The normalized spacial score (nSPS) is 34.5. The fourth-order valence-corrected chi connectivity index (χ4v) is 4.46. The van der Waals surface area contributed by atoms with Gasteiger partial charge in [0, 0.05) is 31.9 Å². The molecule has 1 atom stereocenters. The highest BCUT2D eigenvalue weighted by Gasteiger charge is 2.50. The molecule has 0 aromatic rings. The molecule has 0 aromatic carbocycles. The lowest BCUT2D eigenvalue weighted by molar-refractivity contribution is -0.153. The number of aliphatic carboxylic acids is 1. The van der Waals surface area contributed by atoms with Gasteiger partial charge in [0.15, 0.2) is 0 Å². The van der Waals surface area contributed by atoms with Gasteiger partial charge >= 0.3 is 5.97 Å². The quantitative estimate of drug-likeness (QED) is 0.770. The van der Waals surface area contributed by atoms with E-state index in [2.05, 4.69) is 24.1 Å². The number of hydrogen-bond acceptors (Lipinski definition) is 4. The van der Waals surface area contributed by atoms with Crippen molar-refractivity contribution in [3.05, 3.63) is 0 Å². The van der Waals surface area contributed by atoms with Crippen LogP contribution in [0.25, 0.3) is 0 Å². The summed E-state index contributed by atoms with van der Waals surface area (Å²) in [6, 6.07) is 0. The van der Waals surface area contributed by atoms with Crippen LogP contribution in [-0.2, 0) is 4.79 Å². The lowest BCUT2D eigenvalue weighted by Gasteiger charge is -2.49. The van der Waals surface area contributed by atoms with Crippen LogP contribution in [-0.4, -0.2) is 59.2 Å². The Morgan fingerprint density at radius 3 is 2.47 bits per heavy atom. The van der Waals surface area contributed by atoms with Gasteiger partial charge in [-0.2, -0.15) is 11.8 Å². The van der Waals surface area contributed by atoms with E-state index in [9.17, 15) is 9.90 Å². The molecule has 2 fully saturated rings. The topological polar surface area (TPSA) is 52.6 Å². The molecule has 1 unspecified atom stereocenters. The Morgan fingerprint density at radius 1 is 1.29 bits per heavy atom. The van der Waals surface area contributed by atoms with Gasteiger partial charge in [0.25, 0.3) is 0 Å². The van der Waals surface area contributed by atoms with Crippen LogP contribution in [0.15, 0.2) is 0 Å². The predicted molar refractivity (Wildman–Crippen MR) is 70.5 cm³/mol. The van der Waals surface area contributed by atoms with E-state index in [-0.39, 0.29) is 5.41 Å². The van der Waals surface area contributed by atoms with Crippen LogP contribution < -0.4 is 5.32 Å². The molecular weight excluding hydrogens is 236 g/mol. The number of rotatable bonds is 2. The number of hydrogen-bond donors (Lipinski definition) is 2. The average molecular weight is 258 g/mol. The van der Waals surface area contributed by atoms with E-state index in [1.54, 1.807) is 11.8 Å². The van der Waals surface area contributed by atoms with E-state index in [1.807, 2.05) is 0 Å². The first-order valence-electron chi connectivity index (χ1n) is 6.23. The molecule has 2 N–H and O–H groups in total. The van der Waals surface area contributed by atoms with Gasteiger partial charge in [-0.1, -0.05) is 13.8 Å². The van der Waals surface area contributed by atoms with E-state index in [4.69, 9.17) is 0 Å². The van der Waals surface area contributed by atoms with Gasteiger partial charge in [0.05, 0.1) is 0 Å². The van der Waals surface area contributed by atoms with Crippen molar-refractivity contribution in [1.29, 1.82) is 0 Å². The summed E-state index contributed by atoms with van der Waals surface area (Å²) in [5.41, 5.74) is -0.527. The van der Waals surface area contributed by atoms with Crippen LogP contribution in [0.3, 0.4) is 0 Å². The molecule has 0 spiro atoms. The van der Waals surface area contributed by atoms with E-state index >= 15 is 0 Å². The summed E-state index contributed by atoms with van der Waals surface area (Å²) in [4.78, 5) is 14.0. The third-order valence-electron chi connectivity index (χ3n) is 3.73. The van der Waals surface area contributed by atoms with Gasteiger partial charge in [0.2, 0.25) is 0 Å². The molecule has 0 saturated carbocycles. The second-order valence-corrected chi connectivity index (χ2v) is 6.89. The van der Waals surface area contributed by atoms with E-state index < -0.39 is 11.5 Å². The maximum atomic E-state index is 11.8. The maximum absolute atomic E-state index is 11.8. The Hall–Kier alpha value is -0.260. The summed E-state index contributed by atoms with van der Waals surface area (Å²) in [6.45, 7) is 7.87. The number of nitrogens with one attached hydrogen (secondary N) is 1. The third kappa shape index (κ3) is 2.61. The predicted octanol–water partition coefficient (Wildman–Crippen LogP) is 0.878. The monoisotopic (exact) mass is 258 g/mol. The molecule has 0 bridgehead atoms. The number of nitrogens with zero attached hydrogens (tertiary/aromatic N) is 1. The van der Waals surface area contributed by atoms with Crippen LogP contribution in [0.2, 0.25) is 0 Å². The van der Waals surface area contributed by atoms with E-state index in [0.717, 1.165) is 44.1 Å². The molecule has 2 aliphatic rings. The van der Waals surface area contributed by atoms with E-state index in [1.165, 1.54) is 0 Å². The van der Waals surface area contributed by atoms with Crippen molar-refractivity contribution in [3.63, 3.8) is 0 Å². The van der Waals surface area contributed by atoms with Crippen molar-refractivity contribution in [3.8, 4) is 0 Å². The fraction of sp³-hybridized carbons (Fsp3) is 0.917. The summed E-state index contributed by atoms with van der Waals surface area (Å²) < 4.78 is 0. The summed E-state index contributed by atoms with van der Waals surface area (Å²) in [7, 11) is 0. The Labute approximate surface area is 107 Å². The molecule has 0 amide bonds. The molecule has 0 aromatic heterocycles. The molecule has 17 heavy (non-hydrogen) atoms. The zero-order valence-corrected chi connectivity index (χ0v) is 11.5. The van der Waals surface area contributed by atoms with Crippen LogP contribution >= 0.6 is 11.8 Å². The molecule has 2 heterocycles. The highest BCUT2D eigenvalue weighted by molar-refractivity contribution is 7.99. The van der Waals surface area contributed by atoms with Gasteiger partial charge in [-0.05, 0) is 17.6 Å².